The van der Waals surface area contributed by atoms with Gasteiger partial charge in [-0.25, -0.2) is 0 Å². The highest BCUT2D eigenvalue weighted by Crippen LogP contribution is 2.23. The van der Waals surface area contributed by atoms with Gasteiger partial charge in [-0.05, 0) is 36.6 Å². The van der Waals surface area contributed by atoms with E-state index in [9.17, 15) is 4.79 Å². The van der Waals surface area contributed by atoms with Crippen molar-refractivity contribution in [1.29, 1.82) is 0 Å². The van der Waals surface area contributed by atoms with Crippen LogP contribution in [0.25, 0.3) is 0 Å². The monoisotopic (exact) mass is 310 g/mol. The van der Waals surface area contributed by atoms with Crippen LogP contribution in [0.15, 0.2) is 35.7 Å². The molecule has 1 aromatic carbocycles. The number of carbonyl (C=O) groups excluding carboxylic acids is 1. The molecule has 2 aromatic rings. The summed E-state index contributed by atoms with van der Waals surface area (Å²) < 4.78 is 5.52. The van der Waals surface area contributed by atoms with Crippen molar-refractivity contribution in [3.05, 3.63) is 45.6 Å². The number of ether oxygens (including phenoxy) is 1. The van der Waals surface area contributed by atoms with Crippen molar-refractivity contribution in [3.63, 3.8) is 0 Å². The van der Waals surface area contributed by atoms with E-state index in [0.717, 1.165) is 4.88 Å². The van der Waals surface area contributed by atoms with Crippen LogP contribution in [-0.2, 0) is 16.1 Å². The van der Waals surface area contributed by atoms with E-state index in [1.807, 2.05) is 17.5 Å². The largest absolute Gasteiger partial charge is 0.397 e. The Morgan fingerprint density at radius 3 is 3.00 bits per heavy atom. The summed E-state index contributed by atoms with van der Waals surface area (Å²) in [6, 6.07) is 8.84. The Bertz CT molecular complexity index is 587. The molecule has 3 N–H and O–H groups in total. The molecule has 0 saturated carbocycles. The summed E-state index contributed by atoms with van der Waals surface area (Å²) in [5.41, 5.74) is 6.74. The summed E-state index contributed by atoms with van der Waals surface area (Å²) in [7, 11) is 0. The average Bonchev–Trinajstić information content (AvgIpc) is 2.93. The maximum atomic E-state index is 12.0. The molecule has 0 aliphatic carbocycles. The number of halogens is 1. The summed E-state index contributed by atoms with van der Waals surface area (Å²) in [4.78, 5) is 13.1. The molecular formula is C14H15ClN2O2S. The highest BCUT2D eigenvalue weighted by Gasteiger charge is 2.15. The van der Waals surface area contributed by atoms with E-state index < -0.39 is 6.10 Å². The molecule has 0 saturated heterocycles. The smallest absolute Gasteiger partial charge is 0.253 e. The minimum Gasteiger partial charge on any atom is -0.397 e. The van der Waals surface area contributed by atoms with Crippen LogP contribution in [-0.4, -0.2) is 12.0 Å². The van der Waals surface area contributed by atoms with E-state index in [0.29, 0.717) is 23.0 Å². The first-order valence-corrected chi connectivity index (χ1v) is 7.32. The van der Waals surface area contributed by atoms with E-state index in [4.69, 9.17) is 22.1 Å². The fraction of sp³-hybridized carbons (Fsp3) is 0.214. The van der Waals surface area contributed by atoms with Gasteiger partial charge in [0.05, 0.1) is 18.0 Å². The van der Waals surface area contributed by atoms with E-state index in [1.165, 1.54) is 0 Å². The SMILES string of the molecule is CC(OCc1cccs1)C(=O)Nc1cc(Cl)ccc1N. The van der Waals surface area contributed by atoms with Crippen LogP contribution in [0, 0.1) is 0 Å². The van der Waals surface area contributed by atoms with Crippen molar-refractivity contribution in [1.82, 2.24) is 0 Å². The molecule has 1 unspecified atom stereocenters. The fourth-order valence-corrected chi connectivity index (χ4v) is 2.35. The highest BCUT2D eigenvalue weighted by molar-refractivity contribution is 7.09. The van der Waals surface area contributed by atoms with Gasteiger partial charge in [0.1, 0.15) is 6.10 Å². The zero-order chi connectivity index (χ0) is 14.5. The van der Waals surface area contributed by atoms with Gasteiger partial charge in [-0.1, -0.05) is 17.7 Å². The Balaban J connectivity index is 1.92. The molecule has 6 heteroatoms. The lowest BCUT2D eigenvalue weighted by atomic mass is 10.2. The number of hydrogen-bond donors (Lipinski definition) is 2. The first kappa shape index (κ1) is 14.8. The topological polar surface area (TPSA) is 64.3 Å². The highest BCUT2D eigenvalue weighted by atomic mass is 35.5. The number of carbonyl (C=O) groups is 1. The number of amides is 1. The Labute approximate surface area is 126 Å². The molecule has 2 rings (SSSR count). The van der Waals surface area contributed by atoms with E-state index in [1.54, 1.807) is 36.5 Å². The Morgan fingerprint density at radius 1 is 1.50 bits per heavy atom. The molecule has 1 heterocycles. The van der Waals surface area contributed by atoms with Gasteiger partial charge in [0.15, 0.2) is 0 Å². The number of benzene rings is 1. The van der Waals surface area contributed by atoms with Crippen LogP contribution in [0.5, 0.6) is 0 Å². The molecule has 0 radical (unpaired) electrons. The molecule has 106 valence electrons. The molecule has 0 bridgehead atoms. The van der Waals surface area contributed by atoms with Gasteiger partial charge in [-0.15, -0.1) is 11.3 Å². The van der Waals surface area contributed by atoms with E-state index in [2.05, 4.69) is 5.32 Å². The number of anilines is 2. The molecule has 1 aromatic heterocycles. The van der Waals surface area contributed by atoms with Crippen LogP contribution in [0.3, 0.4) is 0 Å². The second-order valence-corrected chi connectivity index (χ2v) is 5.72. The molecular weight excluding hydrogens is 296 g/mol. The van der Waals surface area contributed by atoms with Crippen molar-refractivity contribution in [2.75, 3.05) is 11.1 Å². The number of nitrogens with two attached hydrogens (primary N) is 1. The van der Waals surface area contributed by atoms with Crippen LogP contribution >= 0.6 is 22.9 Å². The molecule has 1 atom stereocenters. The van der Waals surface area contributed by atoms with Gasteiger partial charge >= 0.3 is 0 Å². The number of nitrogen functional groups attached to an aromatic ring is 1. The maximum Gasteiger partial charge on any atom is 0.253 e. The second-order valence-electron chi connectivity index (χ2n) is 4.25. The van der Waals surface area contributed by atoms with Crippen LogP contribution in [0.1, 0.15) is 11.8 Å². The summed E-state index contributed by atoms with van der Waals surface area (Å²) in [6.07, 6.45) is -0.574. The van der Waals surface area contributed by atoms with Crippen LogP contribution in [0.2, 0.25) is 5.02 Å². The Kier molecular flexibility index (Phi) is 5.00. The number of thiophene rings is 1. The summed E-state index contributed by atoms with van der Waals surface area (Å²) >= 11 is 7.46. The van der Waals surface area contributed by atoms with Gasteiger partial charge in [-0.3, -0.25) is 4.79 Å². The van der Waals surface area contributed by atoms with E-state index in [-0.39, 0.29) is 5.91 Å². The first-order chi connectivity index (χ1) is 9.56. The normalized spacial score (nSPS) is 12.1. The fourth-order valence-electron chi connectivity index (χ4n) is 1.55. The van der Waals surface area contributed by atoms with Gasteiger partial charge in [0.2, 0.25) is 0 Å². The third-order valence-electron chi connectivity index (χ3n) is 2.70. The van der Waals surface area contributed by atoms with Crippen molar-refractivity contribution in [2.45, 2.75) is 19.6 Å². The summed E-state index contributed by atoms with van der Waals surface area (Å²) in [5, 5.41) is 5.19. The Morgan fingerprint density at radius 2 is 2.30 bits per heavy atom. The average molecular weight is 311 g/mol. The standard InChI is InChI=1S/C14H15ClN2O2S/c1-9(19-8-11-3-2-6-20-11)14(18)17-13-7-10(15)4-5-12(13)16/h2-7,9H,8,16H2,1H3,(H,17,18). The molecule has 0 aliphatic heterocycles. The third kappa shape index (κ3) is 3.96. The molecule has 0 aliphatic rings. The third-order valence-corrected chi connectivity index (χ3v) is 3.78. The zero-order valence-corrected chi connectivity index (χ0v) is 12.5. The van der Waals surface area contributed by atoms with Crippen molar-refractivity contribution < 1.29 is 9.53 Å². The Hall–Kier alpha value is -1.56. The summed E-state index contributed by atoms with van der Waals surface area (Å²) in [5.74, 6) is -0.254. The number of rotatable bonds is 5. The lowest BCUT2D eigenvalue weighted by molar-refractivity contribution is -0.127. The quantitative estimate of drug-likeness (QED) is 0.830. The van der Waals surface area contributed by atoms with Crippen LogP contribution in [0.4, 0.5) is 11.4 Å². The van der Waals surface area contributed by atoms with Crippen molar-refractivity contribution >= 4 is 40.2 Å². The predicted octanol–water partition coefficient (Wildman–Crippen LogP) is 3.53. The number of nitrogens with one attached hydrogen (secondary N) is 1. The van der Waals surface area contributed by atoms with Crippen molar-refractivity contribution in [2.24, 2.45) is 0 Å². The molecule has 4 nitrogen and oxygen atoms in total. The minimum absolute atomic E-state index is 0.254. The van der Waals surface area contributed by atoms with Crippen LogP contribution < -0.4 is 11.1 Å². The van der Waals surface area contributed by atoms with Gasteiger partial charge in [0.25, 0.3) is 5.91 Å². The van der Waals surface area contributed by atoms with Gasteiger partial charge in [-0.2, -0.15) is 0 Å². The molecule has 20 heavy (non-hydrogen) atoms. The van der Waals surface area contributed by atoms with Gasteiger partial charge < -0.3 is 15.8 Å². The lowest BCUT2D eigenvalue weighted by Crippen LogP contribution is -2.27. The maximum absolute atomic E-state index is 12.0. The molecule has 1 amide bonds. The van der Waals surface area contributed by atoms with Crippen molar-refractivity contribution in [3.8, 4) is 0 Å². The predicted molar refractivity (Wildman–Crippen MR) is 83.1 cm³/mol. The molecule has 0 fully saturated rings. The molecule has 0 spiro atoms. The number of hydrogen-bond acceptors (Lipinski definition) is 4. The lowest BCUT2D eigenvalue weighted by Gasteiger charge is -2.14. The summed E-state index contributed by atoms with van der Waals surface area (Å²) in [6.45, 7) is 2.11. The zero-order valence-electron chi connectivity index (χ0n) is 10.9. The minimum atomic E-state index is -0.574. The van der Waals surface area contributed by atoms with Gasteiger partial charge in [0, 0.05) is 9.90 Å². The first-order valence-electron chi connectivity index (χ1n) is 6.06. The van der Waals surface area contributed by atoms with E-state index >= 15 is 0 Å². The second kappa shape index (κ2) is 6.74.